The number of nitrogens with two attached hydrogens (primary N) is 1. The van der Waals surface area contributed by atoms with Gasteiger partial charge >= 0.3 is 11.9 Å². The number of carbonyl (C=O) groups is 4. The molecular weight excluding hydrogens is 506 g/mol. The van der Waals surface area contributed by atoms with Gasteiger partial charge in [0.25, 0.3) is 5.69 Å². The Labute approximate surface area is 226 Å². The quantitative estimate of drug-likeness (QED) is 0.256. The number of rotatable bonds is 5. The first-order valence-electron chi connectivity index (χ1n) is 13.5. The van der Waals surface area contributed by atoms with Crippen LogP contribution in [-0.2, 0) is 23.9 Å². The van der Waals surface area contributed by atoms with Crippen molar-refractivity contribution < 1.29 is 33.6 Å². The van der Waals surface area contributed by atoms with Gasteiger partial charge in [-0.25, -0.2) is 4.79 Å². The Morgan fingerprint density at radius 2 is 1.92 bits per heavy atom. The van der Waals surface area contributed by atoms with Crippen LogP contribution in [0.5, 0.6) is 0 Å². The highest BCUT2D eigenvalue weighted by molar-refractivity contribution is 5.96. The van der Waals surface area contributed by atoms with Gasteiger partial charge in [0.05, 0.1) is 41.1 Å². The summed E-state index contributed by atoms with van der Waals surface area (Å²) in [6, 6.07) is 3.32. The molecule has 2 fully saturated rings. The van der Waals surface area contributed by atoms with Crippen molar-refractivity contribution in [1.82, 2.24) is 4.90 Å². The number of Topliss-reactive ketones (excluding diaryl/α,β-unsaturated/α-hetero) is 1. The molecule has 11 heteroatoms. The minimum Gasteiger partial charge on any atom is -0.466 e. The van der Waals surface area contributed by atoms with E-state index in [-0.39, 0.29) is 54.9 Å². The molecule has 0 bridgehead atoms. The second kappa shape index (κ2) is 12.1. The maximum atomic E-state index is 13.7. The third kappa shape index (κ3) is 6.35. The van der Waals surface area contributed by atoms with Crippen molar-refractivity contribution in [2.45, 2.75) is 76.5 Å². The molecule has 1 saturated carbocycles. The highest BCUT2D eigenvalue weighted by Gasteiger charge is 2.61. The van der Waals surface area contributed by atoms with Crippen molar-refractivity contribution >= 4 is 29.3 Å². The maximum absolute atomic E-state index is 13.7. The number of amides is 1. The number of ketones is 1. The average molecular weight is 542 g/mol. The average Bonchev–Trinajstić information content (AvgIpc) is 3.44. The lowest BCUT2D eigenvalue weighted by Gasteiger charge is -2.27. The van der Waals surface area contributed by atoms with E-state index in [0.717, 1.165) is 25.7 Å². The number of nitrogens with zero attached hydrogens (tertiary/aromatic N) is 2. The highest BCUT2D eigenvalue weighted by atomic mass is 16.6. The molecule has 0 unspecified atom stereocenters. The first-order valence-corrected chi connectivity index (χ1v) is 13.5. The minimum absolute atomic E-state index is 0.00258. The number of allylic oxidation sites excluding steroid dienone is 2. The third-order valence-corrected chi connectivity index (χ3v) is 7.88. The zero-order valence-corrected chi connectivity index (χ0v) is 22.1. The molecule has 0 radical (unpaired) electrons. The number of carbonyl (C=O) groups excluding carboxylic acids is 4. The number of ether oxygens (including phenoxy) is 2. The monoisotopic (exact) mass is 541 g/mol. The van der Waals surface area contributed by atoms with Gasteiger partial charge in [-0.3, -0.25) is 24.5 Å². The fraction of sp³-hybridized carbons (Fsp3) is 0.571. The number of nitro groups is 1. The summed E-state index contributed by atoms with van der Waals surface area (Å²) in [6.07, 6.45) is 7.71. The van der Waals surface area contributed by atoms with E-state index in [1.165, 1.54) is 29.2 Å². The molecule has 4 rings (SSSR count). The normalized spacial score (nSPS) is 30.3. The molecule has 2 aliphatic heterocycles. The van der Waals surface area contributed by atoms with Crippen molar-refractivity contribution in [2.24, 2.45) is 17.1 Å². The summed E-state index contributed by atoms with van der Waals surface area (Å²) >= 11 is 0. The van der Waals surface area contributed by atoms with Gasteiger partial charge in [0.2, 0.25) is 5.91 Å². The lowest BCUT2D eigenvalue weighted by molar-refractivity contribution is -0.384. The summed E-state index contributed by atoms with van der Waals surface area (Å²) < 4.78 is 10.9. The summed E-state index contributed by atoms with van der Waals surface area (Å²) in [5, 5.41) is 10.9. The van der Waals surface area contributed by atoms with Crippen LogP contribution in [0, 0.1) is 21.4 Å². The van der Waals surface area contributed by atoms with Gasteiger partial charge in [0, 0.05) is 25.0 Å². The molecule has 0 aromatic heterocycles. The summed E-state index contributed by atoms with van der Waals surface area (Å²) in [5.41, 5.74) is 5.24. The van der Waals surface area contributed by atoms with Gasteiger partial charge in [-0.2, -0.15) is 0 Å². The van der Waals surface area contributed by atoms with Crippen LogP contribution in [0.2, 0.25) is 0 Å². The van der Waals surface area contributed by atoms with Crippen molar-refractivity contribution in [3.8, 4) is 0 Å². The number of esters is 2. The molecule has 210 valence electrons. The Hall–Kier alpha value is -3.60. The lowest BCUT2D eigenvalue weighted by Crippen LogP contribution is -2.49. The van der Waals surface area contributed by atoms with Gasteiger partial charge in [-0.1, -0.05) is 25.0 Å². The molecule has 0 spiro atoms. The zero-order valence-electron chi connectivity index (χ0n) is 22.1. The molecule has 1 aliphatic carbocycles. The van der Waals surface area contributed by atoms with Crippen LogP contribution >= 0.6 is 0 Å². The summed E-state index contributed by atoms with van der Waals surface area (Å²) in [6.45, 7) is 1.92. The molecule has 3 aliphatic rings. The predicted molar refractivity (Wildman–Crippen MR) is 139 cm³/mol. The fourth-order valence-corrected chi connectivity index (χ4v) is 5.57. The molecule has 1 aromatic carbocycles. The Morgan fingerprint density at radius 3 is 2.62 bits per heavy atom. The van der Waals surface area contributed by atoms with Gasteiger partial charge in [-0.05, 0) is 50.7 Å². The fourth-order valence-electron chi connectivity index (χ4n) is 5.57. The van der Waals surface area contributed by atoms with Crippen LogP contribution in [-0.4, -0.2) is 64.8 Å². The van der Waals surface area contributed by atoms with Gasteiger partial charge < -0.3 is 20.1 Å². The Kier molecular flexibility index (Phi) is 8.79. The van der Waals surface area contributed by atoms with E-state index in [2.05, 4.69) is 6.08 Å². The van der Waals surface area contributed by atoms with Crippen molar-refractivity contribution in [3.63, 3.8) is 0 Å². The number of fused-ring (bicyclic) bond motifs is 2. The van der Waals surface area contributed by atoms with E-state index in [0.29, 0.717) is 12.8 Å². The topological polar surface area (TPSA) is 159 Å². The number of hydrogen-bond acceptors (Lipinski definition) is 9. The maximum Gasteiger partial charge on any atom is 0.338 e. The molecule has 39 heavy (non-hydrogen) atoms. The standard InChI is InChI=1S/C28H35N3O8/c1-2-38-27(35)28-15-19(28)8-6-4-3-5-7-9-22(29)25(33)30-17-21(14-23(30)24(32)16-28)39-26(34)18-10-12-20(13-11-18)31(36)37/h6,8,10-13,19,21-23H,2-5,7,9,14-17,29H2,1H3/b8-6-/t19-,21-,22+,23+,28-/m1/s1. The molecule has 11 nitrogen and oxygen atoms in total. The molecule has 1 saturated heterocycles. The summed E-state index contributed by atoms with van der Waals surface area (Å²) in [4.78, 5) is 64.4. The summed E-state index contributed by atoms with van der Waals surface area (Å²) in [5.74, 6) is -1.89. The predicted octanol–water partition coefficient (Wildman–Crippen LogP) is 3.10. The molecule has 1 aromatic rings. The Bertz CT molecular complexity index is 1150. The van der Waals surface area contributed by atoms with Crippen LogP contribution in [0.4, 0.5) is 5.69 Å². The van der Waals surface area contributed by atoms with Crippen LogP contribution in [0.25, 0.3) is 0 Å². The largest absolute Gasteiger partial charge is 0.466 e. The Morgan fingerprint density at radius 1 is 1.18 bits per heavy atom. The molecule has 5 atom stereocenters. The first kappa shape index (κ1) is 28.4. The highest BCUT2D eigenvalue weighted by Crippen LogP contribution is 2.57. The van der Waals surface area contributed by atoms with Crippen LogP contribution in [0.15, 0.2) is 36.4 Å². The van der Waals surface area contributed by atoms with Crippen LogP contribution in [0.1, 0.15) is 68.6 Å². The van der Waals surface area contributed by atoms with Crippen molar-refractivity contribution in [3.05, 3.63) is 52.1 Å². The third-order valence-electron chi connectivity index (χ3n) is 7.88. The van der Waals surface area contributed by atoms with Crippen molar-refractivity contribution in [1.29, 1.82) is 0 Å². The number of non-ortho nitro benzene ring substituents is 1. The van der Waals surface area contributed by atoms with E-state index >= 15 is 0 Å². The Balaban J connectivity index is 1.54. The van der Waals surface area contributed by atoms with Gasteiger partial charge in [0.1, 0.15) is 6.10 Å². The van der Waals surface area contributed by atoms with Crippen LogP contribution < -0.4 is 5.73 Å². The minimum atomic E-state index is -0.950. The number of hydrogen-bond donors (Lipinski definition) is 1. The SMILES string of the molecule is CCOC(=O)[C@]12CC(=O)[C@@H]3C[C@@H](OC(=O)c4ccc([N+](=O)[O-])cc4)CN3C(=O)[C@@H](N)CCCCC/C=C\[C@@H]1C2. The lowest BCUT2D eigenvalue weighted by atomic mass is 9.91. The van der Waals surface area contributed by atoms with E-state index in [1.54, 1.807) is 6.92 Å². The second-order valence-corrected chi connectivity index (χ2v) is 10.6. The number of nitro benzene ring substituents is 1. The smallest absolute Gasteiger partial charge is 0.338 e. The van der Waals surface area contributed by atoms with E-state index in [4.69, 9.17) is 15.2 Å². The first-order chi connectivity index (χ1) is 18.7. The molecule has 2 N–H and O–H groups in total. The van der Waals surface area contributed by atoms with E-state index < -0.39 is 40.5 Å². The van der Waals surface area contributed by atoms with Gasteiger partial charge in [0.15, 0.2) is 5.78 Å². The number of benzene rings is 1. The summed E-state index contributed by atoms with van der Waals surface area (Å²) in [7, 11) is 0. The van der Waals surface area contributed by atoms with Crippen molar-refractivity contribution in [2.75, 3.05) is 13.2 Å². The van der Waals surface area contributed by atoms with E-state index in [1.807, 2.05) is 6.08 Å². The molecule has 1 amide bonds. The zero-order chi connectivity index (χ0) is 28.2. The van der Waals surface area contributed by atoms with E-state index in [9.17, 15) is 29.3 Å². The second-order valence-electron chi connectivity index (χ2n) is 10.6. The van der Waals surface area contributed by atoms with Gasteiger partial charge in [-0.15, -0.1) is 0 Å². The van der Waals surface area contributed by atoms with Crippen LogP contribution in [0.3, 0.4) is 0 Å². The molecule has 2 heterocycles. The molecular formula is C28H35N3O8.